The largest absolute Gasteiger partial charge is 0.354 e. The number of nitro groups is 1. The maximum atomic E-state index is 13.3. The summed E-state index contributed by atoms with van der Waals surface area (Å²) in [7, 11) is 0. The first kappa shape index (κ1) is 26.2. The number of benzene rings is 3. The van der Waals surface area contributed by atoms with Gasteiger partial charge in [-0.3, -0.25) is 14.9 Å². The molecular formula is C32H30N6O3. The predicted molar refractivity (Wildman–Crippen MR) is 162 cm³/mol. The molecule has 206 valence electrons. The fourth-order valence-electron chi connectivity index (χ4n) is 5.29. The molecule has 3 aromatic carbocycles. The van der Waals surface area contributed by atoms with Gasteiger partial charge in [-0.1, -0.05) is 42.5 Å². The minimum atomic E-state index is -0.446. The van der Waals surface area contributed by atoms with Crippen LogP contribution < -0.4 is 10.6 Å². The summed E-state index contributed by atoms with van der Waals surface area (Å²) in [5.74, 6) is -0.306. The van der Waals surface area contributed by atoms with E-state index in [1.807, 2.05) is 54.7 Å². The Kier molecular flexibility index (Phi) is 7.42. The van der Waals surface area contributed by atoms with Gasteiger partial charge in [0.1, 0.15) is 0 Å². The number of aromatic amines is 1. The van der Waals surface area contributed by atoms with Crippen LogP contribution in [-0.2, 0) is 11.2 Å². The highest BCUT2D eigenvalue weighted by Crippen LogP contribution is 2.39. The van der Waals surface area contributed by atoms with Crippen LogP contribution in [0, 0.1) is 10.1 Å². The normalized spacial score (nSPS) is 16.1. The van der Waals surface area contributed by atoms with Crippen molar-refractivity contribution < 1.29 is 9.72 Å². The zero-order chi connectivity index (χ0) is 28.2. The molecule has 3 heterocycles. The first-order valence-electron chi connectivity index (χ1n) is 13.7. The standard InChI is InChI=1S/C32H30N6O3/c39-32-30(28-19-27(38(40)41)13-14-29(28)36-32)31(24-8-3-23(4-9-24)15-18-37-16-1-2-17-37)35-25-10-5-22(6-11-25)7-12-26-20-33-21-34-26/h3-14,19-21,35H,1-2,15-18H2,(H,33,34)(H,36,39)/b12-7+,31-30-. The first-order valence-corrected chi connectivity index (χ1v) is 13.7. The summed E-state index contributed by atoms with van der Waals surface area (Å²) in [6, 6.07) is 20.5. The molecule has 9 heteroatoms. The molecule has 2 aliphatic heterocycles. The molecule has 0 aliphatic carbocycles. The van der Waals surface area contributed by atoms with E-state index in [4.69, 9.17) is 0 Å². The molecule has 1 saturated heterocycles. The highest BCUT2D eigenvalue weighted by Gasteiger charge is 2.30. The number of aromatic nitrogens is 2. The second-order valence-electron chi connectivity index (χ2n) is 10.3. The van der Waals surface area contributed by atoms with Crippen molar-refractivity contribution in [3.63, 3.8) is 0 Å². The Labute approximate surface area is 237 Å². The molecule has 2 aliphatic rings. The molecule has 4 aromatic rings. The summed E-state index contributed by atoms with van der Waals surface area (Å²) in [4.78, 5) is 34.0. The van der Waals surface area contributed by atoms with E-state index in [-0.39, 0.29) is 11.6 Å². The lowest BCUT2D eigenvalue weighted by Gasteiger charge is -2.17. The molecule has 0 unspecified atom stereocenters. The fraction of sp³-hybridized carbons (Fsp3) is 0.188. The van der Waals surface area contributed by atoms with Gasteiger partial charge in [-0.2, -0.15) is 0 Å². The van der Waals surface area contributed by atoms with Gasteiger partial charge in [-0.15, -0.1) is 0 Å². The smallest absolute Gasteiger partial charge is 0.270 e. The van der Waals surface area contributed by atoms with Crippen LogP contribution >= 0.6 is 0 Å². The molecule has 0 radical (unpaired) electrons. The minimum absolute atomic E-state index is 0.0672. The van der Waals surface area contributed by atoms with Crippen molar-refractivity contribution >= 4 is 46.4 Å². The third kappa shape index (κ3) is 5.95. The summed E-state index contributed by atoms with van der Waals surface area (Å²) in [5.41, 5.74) is 6.62. The van der Waals surface area contributed by atoms with E-state index >= 15 is 0 Å². The highest BCUT2D eigenvalue weighted by atomic mass is 16.6. The molecule has 41 heavy (non-hydrogen) atoms. The van der Waals surface area contributed by atoms with E-state index in [2.05, 4.69) is 37.6 Å². The summed E-state index contributed by atoms with van der Waals surface area (Å²) >= 11 is 0. The number of nitrogens with zero attached hydrogens (tertiary/aromatic N) is 3. The van der Waals surface area contributed by atoms with Crippen molar-refractivity contribution in [1.29, 1.82) is 0 Å². The number of carbonyl (C=O) groups is 1. The van der Waals surface area contributed by atoms with Gasteiger partial charge in [0.05, 0.1) is 28.2 Å². The SMILES string of the molecule is O=C1Nc2ccc([N+](=O)[O-])cc2/C1=C(/Nc1ccc(/C=C/c2c[nH]cn2)cc1)c1ccc(CCN2CCCC2)cc1. The second kappa shape index (κ2) is 11.6. The number of amides is 1. The molecule has 0 atom stereocenters. The molecule has 9 nitrogen and oxygen atoms in total. The maximum absolute atomic E-state index is 13.3. The van der Waals surface area contributed by atoms with E-state index in [9.17, 15) is 14.9 Å². The van der Waals surface area contributed by atoms with E-state index in [1.54, 1.807) is 12.4 Å². The van der Waals surface area contributed by atoms with Crippen LogP contribution in [0.25, 0.3) is 23.4 Å². The molecule has 0 bridgehead atoms. The Morgan fingerprint density at radius 3 is 2.51 bits per heavy atom. The lowest BCUT2D eigenvalue weighted by atomic mass is 9.98. The summed E-state index contributed by atoms with van der Waals surface area (Å²) in [5, 5.41) is 17.8. The van der Waals surface area contributed by atoms with Crippen molar-refractivity contribution in [3.05, 3.63) is 117 Å². The molecule has 1 fully saturated rings. The average Bonchev–Trinajstić information content (AvgIpc) is 3.76. The van der Waals surface area contributed by atoms with Crippen LogP contribution in [0.15, 0.2) is 79.3 Å². The number of fused-ring (bicyclic) bond motifs is 1. The zero-order valence-corrected chi connectivity index (χ0v) is 22.5. The number of nitro benzene ring substituents is 1. The van der Waals surface area contributed by atoms with Gasteiger partial charge in [-0.25, -0.2) is 4.98 Å². The number of non-ortho nitro benzene ring substituents is 1. The topological polar surface area (TPSA) is 116 Å². The number of carbonyl (C=O) groups excluding carboxylic acids is 1. The van der Waals surface area contributed by atoms with Crippen molar-refractivity contribution in [3.8, 4) is 0 Å². The van der Waals surface area contributed by atoms with Crippen molar-refractivity contribution in [2.75, 3.05) is 30.3 Å². The van der Waals surface area contributed by atoms with Gasteiger partial charge in [-0.05, 0) is 73.3 Å². The van der Waals surface area contributed by atoms with Gasteiger partial charge in [0, 0.05) is 41.8 Å². The van der Waals surface area contributed by atoms with Crippen LogP contribution in [0.2, 0.25) is 0 Å². The third-order valence-corrected chi connectivity index (χ3v) is 7.51. The first-order chi connectivity index (χ1) is 20.0. The molecular weight excluding hydrogens is 516 g/mol. The number of rotatable bonds is 9. The number of H-pyrrole nitrogens is 1. The Bertz CT molecular complexity index is 1620. The molecule has 1 aromatic heterocycles. The summed E-state index contributed by atoms with van der Waals surface area (Å²) in [6.45, 7) is 3.36. The quantitative estimate of drug-likeness (QED) is 0.134. The van der Waals surface area contributed by atoms with E-state index in [1.165, 1.54) is 30.5 Å². The molecule has 3 N–H and O–H groups in total. The number of likely N-dealkylation sites (tertiary alicyclic amines) is 1. The average molecular weight is 547 g/mol. The van der Waals surface area contributed by atoms with Crippen molar-refractivity contribution in [1.82, 2.24) is 14.9 Å². The Hall–Kier alpha value is -5.02. The lowest BCUT2D eigenvalue weighted by Crippen LogP contribution is -2.21. The Morgan fingerprint density at radius 1 is 1.02 bits per heavy atom. The van der Waals surface area contributed by atoms with Crippen LogP contribution in [0.5, 0.6) is 0 Å². The van der Waals surface area contributed by atoms with E-state index in [0.717, 1.165) is 48.6 Å². The maximum Gasteiger partial charge on any atom is 0.270 e. The molecule has 6 rings (SSSR count). The van der Waals surface area contributed by atoms with Gasteiger partial charge in [0.15, 0.2) is 0 Å². The molecule has 0 saturated carbocycles. The zero-order valence-electron chi connectivity index (χ0n) is 22.5. The number of hydrogen-bond donors (Lipinski definition) is 3. The minimum Gasteiger partial charge on any atom is -0.354 e. The van der Waals surface area contributed by atoms with Gasteiger partial charge in [0.2, 0.25) is 0 Å². The molecule has 1 amide bonds. The number of nitrogens with one attached hydrogen (secondary N) is 3. The number of hydrogen-bond acceptors (Lipinski definition) is 6. The van der Waals surface area contributed by atoms with Crippen molar-refractivity contribution in [2.45, 2.75) is 19.3 Å². The van der Waals surface area contributed by atoms with Crippen LogP contribution in [0.3, 0.4) is 0 Å². The third-order valence-electron chi connectivity index (χ3n) is 7.51. The highest BCUT2D eigenvalue weighted by molar-refractivity contribution is 6.37. The number of anilines is 2. The monoisotopic (exact) mass is 546 g/mol. The van der Waals surface area contributed by atoms with Gasteiger partial charge >= 0.3 is 0 Å². The molecule has 0 spiro atoms. The lowest BCUT2D eigenvalue weighted by molar-refractivity contribution is -0.384. The Balaban J connectivity index is 1.33. The number of imidazole rings is 1. The predicted octanol–water partition coefficient (Wildman–Crippen LogP) is 6.06. The summed E-state index contributed by atoms with van der Waals surface area (Å²) < 4.78 is 0. The van der Waals surface area contributed by atoms with E-state index < -0.39 is 4.92 Å². The van der Waals surface area contributed by atoms with Crippen molar-refractivity contribution in [2.24, 2.45) is 0 Å². The second-order valence-corrected chi connectivity index (χ2v) is 10.3. The van der Waals surface area contributed by atoms with Gasteiger partial charge < -0.3 is 20.5 Å². The van der Waals surface area contributed by atoms with Crippen LogP contribution in [0.4, 0.5) is 17.1 Å². The fourth-order valence-corrected chi connectivity index (χ4v) is 5.29. The Morgan fingerprint density at radius 2 is 1.80 bits per heavy atom. The van der Waals surface area contributed by atoms with Crippen LogP contribution in [0.1, 0.15) is 40.8 Å². The van der Waals surface area contributed by atoms with Crippen LogP contribution in [-0.4, -0.2) is 45.3 Å². The van der Waals surface area contributed by atoms with Gasteiger partial charge in [0.25, 0.3) is 11.6 Å². The summed E-state index contributed by atoms with van der Waals surface area (Å²) in [6.07, 6.45) is 10.8. The van der Waals surface area contributed by atoms with E-state index in [0.29, 0.717) is 22.5 Å².